The predicted octanol–water partition coefficient (Wildman–Crippen LogP) is 3.36. The summed E-state index contributed by atoms with van der Waals surface area (Å²) in [5.41, 5.74) is 1.61. The highest BCUT2D eigenvalue weighted by atomic mass is 32.2. The van der Waals surface area contributed by atoms with Gasteiger partial charge < -0.3 is 15.5 Å². The molecule has 2 aromatic heterocycles. The van der Waals surface area contributed by atoms with Gasteiger partial charge in [0.2, 0.25) is 5.91 Å². The van der Waals surface area contributed by atoms with Crippen LogP contribution in [0, 0.1) is 0 Å². The molecule has 0 aliphatic carbocycles. The van der Waals surface area contributed by atoms with E-state index in [-0.39, 0.29) is 11.8 Å². The van der Waals surface area contributed by atoms with E-state index in [1.165, 1.54) is 11.3 Å². The number of amides is 2. The third-order valence-electron chi connectivity index (χ3n) is 5.03. The van der Waals surface area contributed by atoms with Crippen LogP contribution in [-0.2, 0) is 22.0 Å². The summed E-state index contributed by atoms with van der Waals surface area (Å²) in [6.07, 6.45) is 0.422. The average molecular weight is 474 g/mol. The monoisotopic (exact) mass is 473 g/mol. The second-order valence-corrected chi connectivity index (χ2v) is 10.8. The SMILES string of the molecule is O=C(N[C@H](Cc1cccs1)C(=O)Nc1ccccc1N1CCS(=O)CC1)c1cccs1. The Bertz CT molecular complexity index is 1040. The molecule has 6 nitrogen and oxygen atoms in total. The number of hydrogen-bond acceptors (Lipinski definition) is 6. The number of nitrogens with one attached hydrogen (secondary N) is 2. The minimum atomic E-state index is -0.774. The summed E-state index contributed by atoms with van der Waals surface area (Å²) < 4.78 is 11.7. The van der Waals surface area contributed by atoms with Crippen LogP contribution < -0.4 is 15.5 Å². The van der Waals surface area contributed by atoms with Crippen molar-refractivity contribution in [2.75, 3.05) is 34.8 Å². The molecule has 0 spiro atoms. The number of nitrogens with zero attached hydrogens (tertiary/aromatic N) is 1. The molecule has 3 heterocycles. The van der Waals surface area contributed by atoms with Gasteiger partial charge in [0.05, 0.1) is 16.3 Å². The van der Waals surface area contributed by atoms with Gasteiger partial charge in [-0.2, -0.15) is 0 Å². The van der Waals surface area contributed by atoms with Gasteiger partial charge >= 0.3 is 0 Å². The lowest BCUT2D eigenvalue weighted by atomic mass is 10.1. The molecule has 2 amide bonds. The number of hydrogen-bond donors (Lipinski definition) is 2. The van der Waals surface area contributed by atoms with Crippen molar-refractivity contribution in [3.05, 3.63) is 69.0 Å². The Hall–Kier alpha value is -2.49. The number of para-hydroxylation sites is 2. The minimum Gasteiger partial charge on any atom is -0.368 e. The van der Waals surface area contributed by atoms with E-state index < -0.39 is 16.8 Å². The van der Waals surface area contributed by atoms with Crippen LogP contribution in [0.25, 0.3) is 0 Å². The summed E-state index contributed by atoms with van der Waals surface area (Å²) in [6, 6.07) is 14.4. The van der Waals surface area contributed by atoms with E-state index in [9.17, 15) is 13.8 Å². The summed E-state index contributed by atoms with van der Waals surface area (Å²) in [5, 5.41) is 9.71. The molecule has 2 N–H and O–H groups in total. The van der Waals surface area contributed by atoms with Crippen LogP contribution in [0.15, 0.2) is 59.3 Å². The van der Waals surface area contributed by atoms with Gasteiger partial charge in [-0.1, -0.05) is 24.3 Å². The molecule has 162 valence electrons. The van der Waals surface area contributed by atoms with Gasteiger partial charge in [-0.15, -0.1) is 22.7 Å². The molecular formula is C22H23N3O3S3. The fraction of sp³-hybridized carbons (Fsp3) is 0.273. The van der Waals surface area contributed by atoms with Crippen molar-refractivity contribution in [1.82, 2.24) is 5.32 Å². The summed E-state index contributed by atoms with van der Waals surface area (Å²) in [5.74, 6) is 0.741. The van der Waals surface area contributed by atoms with Crippen LogP contribution in [0.3, 0.4) is 0 Å². The van der Waals surface area contributed by atoms with E-state index in [2.05, 4.69) is 15.5 Å². The van der Waals surface area contributed by atoms with E-state index in [0.717, 1.165) is 10.6 Å². The lowest BCUT2D eigenvalue weighted by Crippen LogP contribution is -2.45. The molecule has 31 heavy (non-hydrogen) atoms. The van der Waals surface area contributed by atoms with Gasteiger partial charge in [-0.05, 0) is 35.0 Å². The molecule has 0 saturated carbocycles. The Morgan fingerprint density at radius 2 is 1.74 bits per heavy atom. The molecule has 1 fully saturated rings. The van der Waals surface area contributed by atoms with Gasteiger partial charge in [-0.3, -0.25) is 13.8 Å². The van der Waals surface area contributed by atoms with Crippen LogP contribution in [0.5, 0.6) is 0 Å². The van der Waals surface area contributed by atoms with Crippen molar-refractivity contribution in [2.45, 2.75) is 12.5 Å². The first-order valence-electron chi connectivity index (χ1n) is 9.97. The lowest BCUT2D eigenvalue weighted by molar-refractivity contribution is -0.117. The molecule has 9 heteroatoms. The summed E-state index contributed by atoms with van der Waals surface area (Å²) in [7, 11) is -0.774. The molecular weight excluding hydrogens is 450 g/mol. The van der Waals surface area contributed by atoms with Crippen molar-refractivity contribution >= 4 is 56.7 Å². The second-order valence-electron chi connectivity index (χ2n) is 7.13. The first kappa shape index (κ1) is 21.7. The normalized spacial score (nSPS) is 15.4. The molecule has 1 aromatic carbocycles. The largest absolute Gasteiger partial charge is 0.368 e. The first-order valence-corrected chi connectivity index (χ1v) is 13.2. The highest BCUT2D eigenvalue weighted by Crippen LogP contribution is 2.27. The number of carbonyl (C=O) groups excluding carboxylic acids is 2. The van der Waals surface area contributed by atoms with Crippen molar-refractivity contribution < 1.29 is 13.8 Å². The zero-order valence-electron chi connectivity index (χ0n) is 16.8. The van der Waals surface area contributed by atoms with Gasteiger partial charge in [-0.25, -0.2) is 0 Å². The van der Waals surface area contributed by atoms with Crippen molar-refractivity contribution in [2.24, 2.45) is 0 Å². The number of rotatable bonds is 7. The summed E-state index contributed by atoms with van der Waals surface area (Å²) in [4.78, 5) is 29.6. The van der Waals surface area contributed by atoms with E-state index in [0.29, 0.717) is 41.6 Å². The van der Waals surface area contributed by atoms with Gasteiger partial charge in [0.1, 0.15) is 6.04 Å². The van der Waals surface area contributed by atoms with Crippen LogP contribution >= 0.6 is 22.7 Å². The number of anilines is 2. The highest BCUT2D eigenvalue weighted by molar-refractivity contribution is 7.85. The standard InChI is InChI=1S/C22H23N3O3S3/c26-21(23-17-6-1-2-7-19(17)25-9-13-31(28)14-10-25)18(15-16-5-3-11-29-16)24-22(27)20-8-4-12-30-20/h1-8,11-12,18H,9-10,13-15H2,(H,23,26)(H,24,27)/t18-/m1/s1. The minimum absolute atomic E-state index is 0.251. The summed E-state index contributed by atoms with van der Waals surface area (Å²) >= 11 is 2.91. The fourth-order valence-electron chi connectivity index (χ4n) is 3.43. The van der Waals surface area contributed by atoms with Gasteiger partial charge in [0.15, 0.2) is 0 Å². The molecule has 1 atom stereocenters. The quantitative estimate of drug-likeness (QED) is 0.552. The third-order valence-corrected chi connectivity index (χ3v) is 8.08. The van der Waals surface area contributed by atoms with Crippen molar-refractivity contribution in [3.8, 4) is 0 Å². The topological polar surface area (TPSA) is 78.5 Å². The molecule has 0 bridgehead atoms. The maximum Gasteiger partial charge on any atom is 0.262 e. The molecule has 1 aliphatic heterocycles. The van der Waals surface area contributed by atoms with E-state index in [4.69, 9.17) is 0 Å². The lowest BCUT2D eigenvalue weighted by Gasteiger charge is -2.30. The Kier molecular flexibility index (Phi) is 7.16. The highest BCUT2D eigenvalue weighted by Gasteiger charge is 2.25. The van der Waals surface area contributed by atoms with Crippen LogP contribution in [0.1, 0.15) is 14.5 Å². The maximum atomic E-state index is 13.2. The third kappa shape index (κ3) is 5.61. The molecule has 4 rings (SSSR count). The predicted molar refractivity (Wildman–Crippen MR) is 129 cm³/mol. The van der Waals surface area contributed by atoms with Crippen LogP contribution in [-0.4, -0.2) is 46.7 Å². The number of thiophene rings is 2. The van der Waals surface area contributed by atoms with Crippen LogP contribution in [0.2, 0.25) is 0 Å². The van der Waals surface area contributed by atoms with Gasteiger partial charge in [0, 0.05) is 46.7 Å². The Labute approximate surface area is 191 Å². The van der Waals surface area contributed by atoms with Gasteiger partial charge in [0.25, 0.3) is 5.91 Å². The molecule has 0 radical (unpaired) electrons. The Morgan fingerprint density at radius 1 is 1.00 bits per heavy atom. The Morgan fingerprint density at radius 3 is 2.45 bits per heavy atom. The zero-order chi connectivity index (χ0) is 21.6. The molecule has 0 unspecified atom stereocenters. The molecule has 1 aliphatic rings. The average Bonchev–Trinajstić information content (AvgIpc) is 3.49. The van der Waals surface area contributed by atoms with E-state index >= 15 is 0 Å². The van der Waals surface area contributed by atoms with Crippen molar-refractivity contribution in [3.63, 3.8) is 0 Å². The summed E-state index contributed by atoms with van der Waals surface area (Å²) in [6.45, 7) is 1.38. The Balaban J connectivity index is 1.52. The fourth-order valence-corrected chi connectivity index (χ4v) is 5.86. The van der Waals surface area contributed by atoms with E-state index in [1.807, 2.05) is 53.2 Å². The van der Waals surface area contributed by atoms with Crippen LogP contribution in [0.4, 0.5) is 11.4 Å². The number of benzene rings is 1. The van der Waals surface area contributed by atoms with E-state index in [1.54, 1.807) is 17.4 Å². The van der Waals surface area contributed by atoms with Crippen molar-refractivity contribution in [1.29, 1.82) is 0 Å². The molecule has 3 aromatic rings. The first-order chi connectivity index (χ1) is 15.1. The zero-order valence-corrected chi connectivity index (χ0v) is 19.2. The number of carbonyl (C=O) groups is 2. The smallest absolute Gasteiger partial charge is 0.262 e. The molecule has 1 saturated heterocycles. The maximum absolute atomic E-state index is 13.2. The second kappa shape index (κ2) is 10.2.